The number of rotatable bonds is 6. The summed E-state index contributed by atoms with van der Waals surface area (Å²) in [5.41, 5.74) is -0.674. The zero-order valence-corrected chi connectivity index (χ0v) is 17.8. The van der Waals surface area contributed by atoms with Gasteiger partial charge in [0.15, 0.2) is 5.82 Å². The number of ether oxygens (including phenoxy) is 1. The van der Waals surface area contributed by atoms with Gasteiger partial charge >= 0.3 is 6.18 Å². The molecule has 0 bridgehead atoms. The molecule has 2 heterocycles. The highest BCUT2D eigenvalue weighted by Gasteiger charge is 2.33. The number of halogens is 3. The van der Waals surface area contributed by atoms with E-state index < -0.39 is 11.7 Å². The Morgan fingerprint density at radius 2 is 1.67 bits per heavy atom. The Balaban J connectivity index is 1.35. The van der Waals surface area contributed by atoms with Gasteiger partial charge in [-0.1, -0.05) is 36.4 Å². The summed E-state index contributed by atoms with van der Waals surface area (Å²) in [7, 11) is 0. The van der Waals surface area contributed by atoms with Gasteiger partial charge in [-0.25, -0.2) is 9.97 Å². The normalized spacial score (nSPS) is 14.7. The zero-order chi connectivity index (χ0) is 23.3. The van der Waals surface area contributed by atoms with Crippen LogP contribution in [0.3, 0.4) is 0 Å². The number of piperidine rings is 1. The van der Waals surface area contributed by atoms with E-state index in [4.69, 9.17) is 4.74 Å². The fourth-order valence-corrected chi connectivity index (χ4v) is 3.84. The second-order valence-electron chi connectivity index (χ2n) is 7.73. The molecule has 0 atom stereocenters. The predicted molar refractivity (Wildman–Crippen MR) is 117 cm³/mol. The van der Waals surface area contributed by atoms with E-state index in [9.17, 15) is 18.0 Å². The van der Waals surface area contributed by atoms with E-state index in [1.807, 2.05) is 35.2 Å². The van der Waals surface area contributed by atoms with E-state index in [0.29, 0.717) is 43.4 Å². The number of aromatic nitrogens is 2. The molecule has 0 unspecified atom stereocenters. The minimum atomic E-state index is -4.46. The molecule has 4 rings (SSSR count). The first-order valence-corrected chi connectivity index (χ1v) is 10.6. The maximum Gasteiger partial charge on any atom is 0.416 e. The molecule has 0 radical (unpaired) electrons. The molecule has 172 valence electrons. The minimum Gasteiger partial charge on any atom is -0.436 e. The molecule has 1 aromatic heterocycles. The molecular weight excluding hydrogens is 433 g/mol. The second-order valence-corrected chi connectivity index (χ2v) is 7.73. The highest BCUT2D eigenvalue weighted by molar-refractivity contribution is 5.79. The summed E-state index contributed by atoms with van der Waals surface area (Å²) in [6.07, 6.45) is -0.212. The number of anilines is 1. The average Bonchev–Trinajstić information content (AvgIpc) is 2.83. The van der Waals surface area contributed by atoms with Crippen LogP contribution in [0, 0.1) is 5.92 Å². The van der Waals surface area contributed by atoms with Crippen molar-refractivity contribution in [2.24, 2.45) is 5.92 Å². The van der Waals surface area contributed by atoms with Gasteiger partial charge in [0.2, 0.25) is 5.91 Å². The van der Waals surface area contributed by atoms with Gasteiger partial charge < -0.3 is 15.0 Å². The zero-order valence-electron chi connectivity index (χ0n) is 17.8. The lowest BCUT2D eigenvalue weighted by atomic mass is 9.95. The standard InChI is InChI=1S/C24H23F3N4O2/c25-24(26,27)20-9-5-4-6-18(20)16-30-22(32)17-10-14-31(15-11-17)21-23(29-13-12-28-21)33-19-7-2-1-3-8-19/h1-9,12-13,17H,10-11,14-16H2,(H,30,32). The molecule has 1 amide bonds. The summed E-state index contributed by atoms with van der Waals surface area (Å²) in [5, 5.41) is 2.67. The van der Waals surface area contributed by atoms with Gasteiger partial charge in [0.05, 0.1) is 5.56 Å². The van der Waals surface area contributed by atoms with Crippen LogP contribution >= 0.6 is 0 Å². The maximum absolute atomic E-state index is 13.2. The molecule has 1 N–H and O–H groups in total. The Morgan fingerprint density at radius 1 is 1.00 bits per heavy atom. The number of amides is 1. The van der Waals surface area contributed by atoms with E-state index >= 15 is 0 Å². The quantitative estimate of drug-likeness (QED) is 0.576. The summed E-state index contributed by atoms with van der Waals surface area (Å²) in [4.78, 5) is 23.3. The monoisotopic (exact) mass is 456 g/mol. The number of hydrogen-bond donors (Lipinski definition) is 1. The summed E-state index contributed by atoms with van der Waals surface area (Å²) in [6.45, 7) is 0.954. The predicted octanol–water partition coefficient (Wildman–Crippen LogP) is 4.82. The molecule has 9 heteroatoms. The van der Waals surface area contributed by atoms with E-state index in [1.54, 1.807) is 12.4 Å². The Morgan fingerprint density at radius 3 is 2.39 bits per heavy atom. The van der Waals surface area contributed by atoms with Crippen LogP contribution < -0.4 is 15.0 Å². The first-order chi connectivity index (χ1) is 15.9. The van der Waals surface area contributed by atoms with Gasteiger partial charge in [-0.3, -0.25) is 4.79 Å². The third-order valence-electron chi connectivity index (χ3n) is 5.55. The van der Waals surface area contributed by atoms with Crippen LogP contribution in [0.1, 0.15) is 24.0 Å². The number of nitrogens with one attached hydrogen (secondary N) is 1. The fraction of sp³-hybridized carbons (Fsp3) is 0.292. The van der Waals surface area contributed by atoms with Crippen molar-refractivity contribution in [2.45, 2.75) is 25.6 Å². The smallest absolute Gasteiger partial charge is 0.416 e. The van der Waals surface area contributed by atoms with Crippen molar-refractivity contribution in [3.05, 3.63) is 78.1 Å². The van der Waals surface area contributed by atoms with E-state index in [-0.39, 0.29) is 23.9 Å². The lowest BCUT2D eigenvalue weighted by Crippen LogP contribution is -2.41. The molecule has 33 heavy (non-hydrogen) atoms. The molecule has 1 aliphatic rings. The number of alkyl halides is 3. The maximum atomic E-state index is 13.2. The first-order valence-electron chi connectivity index (χ1n) is 10.6. The molecule has 1 saturated heterocycles. The van der Waals surface area contributed by atoms with Crippen molar-refractivity contribution in [2.75, 3.05) is 18.0 Å². The molecule has 0 spiro atoms. The lowest BCUT2D eigenvalue weighted by molar-refractivity contribution is -0.138. The molecule has 1 aliphatic heterocycles. The Labute approximate surface area is 189 Å². The van der Waals surface area contributed by atoms with Gasteiger partial charge in [0.25, 0.3) is 5.88 Å². The lowest BCUT2D eigenvalue weighted by Gasteiger charge is -2.32. The summed E-state index contributed by atoms with van der Waals surface area (Å²) in [6, 6.07) is 14.5. The van der Waals surface area contributed by atoms with Crippen molar-refractivity contribution in [3.63, 3.8) is 0 Å². The van der Waals surface area contributed by atoms with Gasteiger partial charge in [0.1, 0.15) is 5.75 Å². The van der Waals surface area contributed by atoms with E-state index in [1.165, 1.54) is 18.2 Å². The molecule has 0 saturated carbocycles. The number of hydrogen-bond acceptors (Lipinski definition) is 5. The van der Waals surface area contributed by atoms with Crippen molar-refractivity contribution < 1.29 is 22.7 Å². The molecular formula is C24H23F3N4O2. The van der Waals surface area contributed by atoms with Crippen LogP contribution in [0.15, 0.2) is 67.0 Å². The minimum absolute atomic E-state index is 0.0537. The molecule has 2 aromatic carbocycles. The van der Waals surface area contributed by atoms with Crippen molar-refractivity contribution in [3.8, 4) is 11.6 Å². The van der Waals surface area contributed by atoms with Crippen molar-refractivity contribution in [1.82, 2.24) is 15.3 Å². The van der Waals surface area contributed by atoms with Gasteiger partial charge in [0, 0.05) is 37.9 Å². The average molecular weight is 456 g/mol. The fourth-order valence-electron chi connectivity index (χ4n) is 3.84. The molecule has 3 aromatic rings. The first kappa shape index (κ1) is 22.6. The molecule has 6 nitrogen and oxygen atoms in total. The second kappa shape index (κ2) is 9.89. The number of para-hydroxylation sites is 1. The van der Waals surface area contributed by atoms with E-state index in [0.717, 1.165) is 6.07 Å². The number of nitrogens with zero attached hydrogens (tertiary/aromatic N) is 3. The Hall–Kier alpha value is -3.62. The Kier molecular flexibility index (Phi) is 6.76. The third kappa shape index (κ3) is 5.60. The summed E-state index contributed by atoms with van der Waals surface area (Å²) in [5.74, 6) is 1.10. The topological polar surface area (TPSA) is 67.4 Å². The summed E-state index contributed by atoms with van der Waals surface area (Å²) >= 11 is 0. The van der Waals surface area contributed by atoms with Crippen molar-refractivity contribution >= 4 is 11.7 Å². The van der Waals surface area contributed by atoms with Gasteiger partial charge in [-0.2, -0.15) is 13.2 Å². The van der Waals surface area contributed by atoms with Crippen molar-refractivity contribution in [1.29, 1.82) is 0 Å². The third-order valence-corrected chi connectivity index (χ3v) is 5.55. The van der Waals surface area contributed by atoms with Gasteiger partial charge in [-0.05, 0) is 36.6 Å². The SMILES string of the molecule is O=C(NCc1ccccc1C(F)(F)F)C1CCN(c2nccnc2Oc2ccccc2)CC1. The van der Waals surface area contributed by atoms with E-state index in [2.05, 4.69) is 15.3 Å². The van der Waals surface area contributed by atoms with Gasteiger partial charge in [-0.15, -0.1) is 0 Å². The molecule has 1 fully saturated rings. The number of carbonyl (C=O) groups excluding carboxylic acids is 1. The van der Waals surface area contributed by atoms with Crippen LogP contribution in [0.25, 0.3) is 0 Å². The summed E-state index contributed by atoms with van der Waals surface area (Å²) < 4.78 is 45.4. The highest BCUT2D eigenvalue weighted by Crippen LogP contribution is 2.33. The Bertz CT molecular complexity index is 1080. The largest absolute Gasteiger partial charge is 0.436 e. The van der Waals surface area contributed by atoms with Crippen LogP contribution in [0.2, 0.25) is 0 Å². The van der Waals surface area contributed by atoms with Crippen LogP contribution in [-0.2, 0) is 17.5 Å². The number of carbonyl (C=O) groups is 1. The van der Waals surface area contributed by atoms with Crippen LogP contribution in [0.5, 0.6) is 11.6 Å². The number of benzene rings is 2. The molecule has 0 aliphatic carbocycles. The van der Waals surface area contributed by atoms with Crippen LogP contribution in [0.4, 0.5) is 19.0 Å². The van der Waals surface area contributed by atoms with Crippen LogP contribution in [-0.4, -0.2) is 29.0 Å². The highest BCUT2D eigenvalue weighted by atomic mass is 19.4.